The lowest BCUT2D eigenvalue weighted by molar-refractivity contribution is 0.354. The zero-order valence-corrected chi connectivity index (χ0v) is 12.8. The minimum atomic E-state index is 0.217. The predicted octanol–water partition coefficient (Wildman–Crippen LogP) is 3.25. The number of nitrogens with one attached hydrogen (secondary N) is 1. The van der Waals surface area contributed by atoms with Crippen molar-refractivity contribution in [2.45, 2.75) is 19.4 Å². The van der Waals surface area contributed by atoms with Crippen molar-refractivity contribution in [3.63, 3.8) is 0 Å². The lowest BCUT2D eigenvalue weighted by Crippen LogP contribution is -2.30. The maximum atomic E-state index is 5.42. The number of rotatable bonds is 3. The standard InChI is InChI=1S/C18H21NO2/c1-12-4-6-15-13(10-12)8-9-19-18(15)14-5-7-16(20-2)17(11-14)21-3/h4-7,10-11,18-19H,8-9H2,1-3H3. The van der Waals surface area contributed by atoms with Gasteiger partial charge in [0.15, 0.2) is 11.5 Å². The molecule has 0 amide bonds. The highest BCUT2D eigenvalue weighted by molar-refractivity contribution is 5.48. The number of hydrogen-bond acceptors (Lipinski definition) is 3. The van der Waals surface area contributed by atoms with Crippen molar-refractivity contribution < 1.29 is 9.47 Å². The second-order valence-corrected chi connectivity index (χ2v) is 5.45. The first kappa shape index (κ1) is 14.0. The highest BCUT2D eigenvalue weighted by atomic mass is 16.5. The molecule has 21 heavy (non-hydrogen) atoms. The number of methoxy groups -OCH3 is 2. The van der Waals surface area contributed by atoms with E-state index < -0.39 is 0 Å². The number of fused-ring (bicyclic) bond motifs is 1. The van der Waals surface area contributed by atoms with Crippen molar-refractivity contribution in [1.82, 2.24) is 5.32 Å². The summed E-state index contributed by atoms with van der Waals surface area (Å²) in [4.78, 5) is 0. The smallest absolute Gasteiger partial charge is 0.161 e. The average molecular weight is 283 g/mol. The molecule has 2 aromatic rings. The molecule has 0 aromatic heterocycles. The van der Waals surface area contributed by atoms with Gasteiger partial charge in [-0.25, -0.2) is 0 Å². The summed E-state index contributed by atoms with van der Waals surface area (Å²) < 4.78 is 10.7. The van der Waals surface area contributed by atoms with E-state index in [1.807, 2.05) is 6.07 Å². The molecule has 3 heteroatoms. The first-order valence-corrected chi connectivity index (χ1v) is 7.27. The molecule has 0 radical (unpaired) electrons. The van der Waals surface area contributed by atoms with Gasteiger partial charge in [-0.2, -0.15) is 0 Å². The van der Waals surface area contributed by atoms with Crippen molar-refractivity contribution in [3.05, 3.63) is 58.7 Å². The Morgan fingerprint density at radius 1 is 1.00 bits per heavy atom. The largest absolute Gasteiger partial charge is 0.493 e. The van der Waals surface area contributed by atoms with Crippen LogP contribution in [0.15, 0.2) is 36.4 Å². The molecule has 1 aliphatic rings. The van der Waals surface area contributed by atoms with Crippen LogP contribution in [-0.2, 0) is 6.42 Å². The highest BCUT2D eigenvalue weighted by Gasteiger charge is 2.22. The quantitative estimate of drug-likeness (QED) is 0.938. The summed E-state index contributed by atoms with van der Waals surface area (Å²) in [6.07, 6.45) is 1.08. The zero-order valence-electron chi connectivity index (χ0n) is 12.8. The van der Waals surface area contributed by atoms with E-state index in [1.165, 1.54) is 22.3 Å². The number of aryl methyl sites for hydroxylation is 1. The molecule has 3 nitrogen and oxygen atoms in total. The molecule has 1 aliphatic heterocycles. The second-order valence-electron chi connectivity index (χ2n) is 5.45. The molecule has 0 fully saturated rings. The van der Waals surface area contributed by atoms with Crippen LogP contribution in [0.25, 0.3) is 0 Å². The second kappa shape index (κ2) is 5.78. The number of benzene rings is 2. The molecule has 0 spiro atoms. The fourth-order valence-corrected chi connectivity index (χ4v) is 3.02. The van der Waals surface area contributed by atoms with Gasteiger partial charge in [-0.1, -0.05) is 29.8 Å². The molecule has 110 valence electrons. The normalized spacial score (nSPS) is 17.2. The SMILES string of the molecule is COc1ccc(C2NCCc3cc(C)ccc32)cc1OC. The van der Waals surface area contributed by atoms with Crippen LogP contribution in [0, 0.1) is 6.92 Å². The average Bonchev–Trinajstić information content (AvgIpc) is 2.53. The third kappa shape index (κ3) is 2.61. The van der Waals surface area contributed by atoms with E-state index in [0.29, 0.717) is 0 Å². The summed E-state index contributed by atoms with van der Waals surface area (Å²) >= 11 is 0. The lowest BCUT2D eigenvalue weighted by Gasteiger charge is -2.28. The molecular weight excluding hydrogens is 262 g/mol. The third-order valence-electron chi connectivity index (χ3n) is 4.09. The van der Waals surface area contributed by atoms with Crippen LogP contribution < -0.4 is 14.8 Å². The van der Waals surface area contributed by atoms with Crippen molar-refractivity contribution in [3.8, 4) is 11.5 Å². The summed E-state index contributed by atoms with van der Waals surface area (Å²) in [6, 6.07) is 13.1. The predicted molar refractivity (Wildman–Crippen MR) is 84.3 cm³/mol. The van der Waals surface area contributed by atoms with Gasteiger partial charge in [0.2, 0.25) is 0 Å². The monoisotopic (exact) mass is 283 g/mol. The van der Waals surface area contributed by atoms with Gasteiger partial charge in [-0.3, -0.25) is 0 Å². The van der Waals surface area contributed by atoms with E-state index in [0.717, 1.165) is 24.5 Å². The van der Waals surface area contributed by atoms with Gasteiger partial charge in [-0.15, -0.1) is 0 Å². The Morgan fingerprint density at radius 2 is 1.81 bits per heavy atom. The Morgan fingerprint density at radius 3 is 2.57 bits per heavy atom. The van der Waals surface area contributed by atoms with Crippen LogP contribution in [0.3, 0.4) is 0 Å². The minimum absolute atomic E-state index is 0.217. The Hall–Kier alpha value is -2.00. The Balaban J connectivity index is 2.02. The zero-order chi connectivity index (χ0) is 14.8. The third-order valence-corrected chi connectivity index (χ3v) is 4.09. The Bertz CT molecular complexity index is 652. The van der Waals surface area contributed by atoms with Gasteiger partial charge in [0, 0.05) is 6.54 Å². The van der Waals surface area contributed by atoms with E-state index in [-0.39, 0.29) is 6.04 Å². The van der Waals surface area contributed by atoms with Gasteiger partial charge in [0.05, 0.1) is 20.3 Å². The first-order chi connectivity index (χ1) is 10.2. The Kier molecular flexibility index (Phi) is 3.84. The van der Waals surface area contributed by atoms with Gasteiger partial charge < -0.3 is 14.8 Å². The van der Waals surface area contributed by atoms with E-state index >= 15 is 0 Å². The molecule has 0 aliphatic carbocycles. The summed E-state index contributed by atoms with van der Waals surface area (Å²) in [5, 5.41) is 3.60. The maximum absolute atomic E-state index is 5.42. The molecule has 1 atom stereocenters. The molecule has 1 N–H and O–H groups in total. The Labute approximate surface area is 125 Å². The summed E-state index contributed by atoms with van der Waals surface area (Å²) in [6.45, 7) is 3.14. The highest BCUT2D eigenvalue weighted by Crippen LogP contribution is 2.34. The van der Waals surface area contributed by atoms with Crippen LogP contribution in [0.2, 0.25) is 0 Å². The van der Waals surface area contributed by atoms with E-state index in [1.54, 1.807) is 14.2 Å². The summed E-state index contributed by atoms with van der Waals surface area (Å²) in [5.41, 5.74) is 5.33. The van der Waals surface area contributed by atoms with Crippen LogP contribution in [0.4, 0.5) is 0 Å². The van der Waals surface area contributed by atoms with Gasteiger partial charge >= 0.3 is 0 Å². The van der Waals surface area contributed by atoms with Crippen molar-refractivity contribution in [2.24, 2.45) is 0 Å². The molecule has 2 aromatic carbocycles. The fraction of sp³-hybridized carbons (Fsp3) is 0.333. The van der Waals surface area contributed by atoms with Gasteiger partial charge in [0.1, 0.15) is 0 Å². The topological polar surface area (TPSA) is 30.5 Å². The van der Waals surface area contributed by atoms with E-state index in [9.17, 15) is 0 Å². The molecule has 0 bridgehead atoms. The molecule has 3 rings (SSSR count). The minimum Gasteiger partial charge on any atom is -0.493 e. The van der Waals surface area contributed by atoms with Gasteiger partial charge in [-0.05, 0) is 42.2 Å². The first-order valence-electron chi connectivity index (χ1n) is 7.27. The number of hydrogen-bond donors (Lipinski definition) is 1. The van der Waals surface area contributed by atoms with Crippen LogP contribution in [0.1, 0.15) is 28.3 Å². The van der Waals surface area contributed by atoms with Gasteiger partial charge in [0.25, 0.3) is 0 Å². The number of ether oxygens (including phenoxy) is 2. The van der Waals surface area contributed by atoms with E-state index in [4.69, 9.17) is 9.47 Å². The van der Waals surface area contributed by atoms with Crippen LogP contribution in [-0.4, -0.2) is 20.8 Å². The lowest BCUT2D eigenvalue weighted by atomic mass is 9.89. The summed E-state index contributed by atoms with van der Waals surface area (Å²) in [5.74, 6) is 1.54. The maximum Gasteiger partial charge on any atom is 0.161 e. The van der Waals surface area contributed by atoms with Crippen molar-refractivity contribution >= 4 is 0 Å². The molecule has 1 heterocycles. The van der Waals surface area contributed by atoms with Crippen molar-refractivity contribution in [2.75, 3.05) is 20.8 Å². The van der Waals surface area contributed by atoms with Crippen LogP contribution in [0.5, 0.6) is 11.5 Å². The van der Waals surface area contributed by atoms with Crippen LogP contribution >= 0.6 is 0 Å². The molecular formula is C18H21NO2. The summed E-state index contributed by atoms with van der Waals surface area (Å²) in [7, 11) is 3.34. The molecule has 0 saturated carbocycles. The molecule has 0 saturated heterocycles. The van der Waals surface area contributed by atoms with Crippen molar-refractivity contribution in [1.29, 1.82) is 0 Å². The van der Waals surface area contributed by atoms with E-state index in [2.05, 4.69) is 42.6 Å². The molecule has 1 unspecified atom stereocenters. The fourth-order valence-electron chi connectivity index (χ4n) is 3.02.